The van der Waals surface area contributed by atoms with Crippen molar-refractivity contribution in [1.82, 2.24) is 4.72 Å². The van der Waals surface area contributed by atoms with Gasteiger partial charge in [0, 0.05) is 13.0 Å². The second-order valence-corrected chi connectivity index (χ2v) is 6.26. The van der Waals surface area contributed by atoms with E-state index in [9.17, 15) is 13.2 Å². The van der Waals surface area contributed by atoms with Gasteiger partial charge in [0.25, 0.3) is 0 Å². The summed E-state index contributed by atoms with van der Waals surface area (Å²) in [5.41, 5.74) is 11.4. The van der Waals surface area contributed by atoms with Gasteiger partial charge in [0.1, 0.15) is 0 Å². The maximum absolute atomic E-state index is 12.0. The van der Waals surface area contributed by atoms with E-state index < -0.39 is 15.9 Å². The van der Waals surface area contributed by atoms with Gasteiger partial charge in [0.15, 0.2) is 0 Å². The Bertz CT molecular complexity index is 564. The third-order valence-electron chi connectivity index (χ3n) is 2.46. The smallest absolute Gasteiger partial charge is 0.240 e. The van der Waals surface area contributed by atoms with E-state index in [-0.39, 0.29) is 23.5 Å². The van der Waals surface area contributed by atoms with Crippen molar-refractivity contribution in [3.63, 3.8) is 0 Å². The zero-order valence-corrected chi connectivity index (χ0v) is 12.0. The molecule has 0 saturated heterocycles. The van der Waals surface area contributed by atoms with Crippen LogP contribution in [0.4, 0.5) is 5.69 Å². The van der Waals surface area contributed by atoms with Crippen LogP contribution in [-0.2, 0) is 14.8 Å². The van der Waals surface area contributed by atoms with Gasteiger partial charge in [-0.1, -0.05) is 11.6 Å². The van der Waals surface area contributed by atoms with Gasteiger partial charge >= 0.3 is 0 Å². The highest BCUT2D eigenvalue weighted by Gasteiger charge is 2.16. The van der Waals surface area contributed by atoms with Gasteiger partial charge in [-0.15, -0.1) is 0 Å². The third-order valence-corrected chi connectivity index (χ3v) is 4.42. The molecule has 0 fully saturated rings. The molecule has 0 aromatic heterocycles. The molecule has 0 aliphatic carbocycles. The van der Waals surface area contributed by atoms with Crippen LogP contribution in [0.1, 0.15) is 18.4 Å². The normalized spacial score (nSPS) is 11.5. The van der Waals surface area contributed by atoms with Gasteiger partial charge in [0.05, 0.1) is 15.6 Å². The van der Waals surface area contributed by atoms with Crippen LogP contribution in [0.2, 0.25) is 5.02 Å². The first kappa shape index (κ1) is 15.7. The molecule has 0 heterocycles. The summed E-state index contributed by atoms with van der Waals surface area (Å²) in [5, 5.41) is 0.340. The van der Waals surface area contributed by atoms with E-state index in [0.717, 1.165) is 0 Å². The van der Waals surface area contributed by atoms with Crippen LogP contribution in [0.3, 0.4) is 0 Å². The number of aryl methyl sites for hydroxylation is 1. The quantitative estimate of drug-likeness (QED) is 0.532. The Morgan fingerprint density at radius 2 is 2.05 bits per heavy atom. The predicted octanol–water partition coefficient (Wildman–Crippen LogP) is 0.774. The van der Waals surface area contributed by atoms with E-state index in [1.165, 1.54) is 12.1 Å². The van der Waals surface area contributed by atoms with E-state index in [0.29, 0.717) is 17.0 Å². The molecule has 0 unspecified atom stereocenters. The Kier molecular flexibility index (Phi) is 5.16. The Morgan fingerprint density at radius 1 is 1.42 bits per heavy atom. The molecular weight excluding hydrogens is 290 g/mol. The number of nitrogens with one attached hydrogen (secondary N) is 1. The molecule has 5 N–H and O–H groups in total. The fourth-order valence-electron chi connectivity index (χ4n) is 1.47. The first-order valence-corrected chi connectivity index (χ1v) is 7.43. The Hall–Kier alpha value is -1.31. The molecule has 0 saturated carbocycles. The van der Waals surface area contributed by atoms with Crippen molar-refractivity contribution in [1.29, 1.82) is 0 Å². The first-order valence-electron chi connectivity index (χ1n) is 5.57. The lowest BCUT2D eigenvalue weighted by Gasteiger charge is -2.09. The number of benzene rings is 1. The van der Waals surface area contributed by atoms with E-state index in [4.69, 9.17) is 23.1 Å². The number of primary amides is 1. The average Bonchev–Trinajstić information content (AvgIpc) is 2.31. The number of hydrogen-bond acceptors (Lipinski definition) is 4. The summed E-state index contributed by atoms with van der Waals surface area (Å²) in [6.45, 7) is 1.80. The largest absolute Gasteiger partial charge is 0.397 e. The first-order chi connectivity index (χ1) is 8.74. The van der Waals surface area contributed by atoms with Gasteiger partial charge in [-0.05, 0) is 31.0 Å². The topological polar surface area (TPSA) is 115 Å². The molecule has 0 atom stereocenters. The summed E-state index contributed by atoms with van der Waals surface area (Å²) in [4.78, 5) is 10.6. The molecule has 1 rings (SSSR count). The maximum atomic E-state index is 12.0. The summed E-state index contributed by atoms with van der Waals surface area (Å²) in [6.07, 6.45) is 0.473. The van der Waals surface area contributed by atoms with Gasteiger partial charge in [-0.3, -0.25) is 4.79 Å². The number of sulfonamides is 1. The van der Waals surface area contributed by atoms with Crippen LogP contribution in [0.25, 0.3) is 0 Å². The summed E-state index contributed by atoms with van der Waals surface area (Å²) in [5.74, 6) is -0.467. The molecule has 0 aliphatic heterocycles. The predicted molar refractivity (Wildman–Crippen MR) is 74.2 cm³/mol. The average molecular weight is 306 g/mol. The number of nitrogens with two attached hydrogens (primary N) is 2. The van der Waals surface area contributed by atoms with Crippen molar-refractivity contribution < 1.29 is 13.2 Å². The number of hydrogen-bond donors (Lipinski definition) is 3. The van der Waals surface area contributed by atoms with Crippen LogP contribution in [-0.4, -0.2) is 20.9 Å². The summed E-state index contributed by atoms with van der Waals surface area (Å²) in [6, 6.07) is 2.74. The SMILES string of the molecule is Cc1cc(S(=O)(=O)NCCCC(N)=O)cc(N)c1Cl. The van der Waals surface area contributed by atoms with Crippen molar-refractivity contribution in [3.05, 3.63) is 22.7 Å². The molecule has 106 valence electrons. The monoisotopic (exact) mass is 305 g/mol. The van der Waals surface area contributed by atoms with Crippen molar-refractivity contribution in [2.24, 2.45) is 5.73 Å². The Balaban J connectivity index is 2.80. The molecule has 19 heavy (non-hydrogen) atoms. The highest BCUT2D eigenvalue weighted by atomic mass is 35.5. The van der Waals surface area contributed by atoms with Gasteiger partial charge in [-0.25, -0.2) is 13.1 Å². The highest BCUT2D eigenvalue weighted by molar-refractivity contribution is 7.89. The fraction of sp³-hybridized carbons (Fsp3) is 0.364. The van der Waals surface area contributed by atoms with E-state index in [1.54, 1.807) is 6.92 Å². The molecule has 8 heteroatoms. The summed E-state index contributed by atoms with van der Waals surface area (Å²) in [7, 11) is -3.66. The number of carbonyl (C=O) groups excluding carboxylic acids is 1. The molecule has 0 bridgehead atoms. The lowest BCUT2D eigenvalue weighted by molar-refractivity contribution is -0.118. The minimum absolute atomic E-state index is 0.0472. The number of amides is 1. The lowest BCUT2D eigenvalue weighted by Crippen LogP contribution is -2.26. The van der Waals surface area contributed by atoms with Gasteiger partial charge in [-0.2, -0.15) is 0 Å². The minimum Gasteiger partial charge on any atom is -0.397 e. The minimum atomic E-state index is -3.66. The maximum Gasteiger partial charge on any atom is 0.240 e. The molecule has 0 aliphatic rings. The Morgan fingerprint density at radius 3 is 2.58 bits per heavy atom. The lowest BCUT2D eigenvalue weighted by atomic mass is 10.2. The van der Waals surface area contributed by atoms with Crippen LogP contribution in [0, 0.1) is 6.92 Å². The van der Waals surface area contributed by atoms with Crippen molar-refractivity contribution >= 4 is 33.2 Å². The number of carbonyl (C=O) groups is 1. The van der Waals surface area contributed by atoms with Crippen LogP contribution in [0.5, 0.6) is 0 Å². The van der Waals surface area contributed by atoms with Gasteiger partial charge in [0.2, 0.25) is 15.9 Å². The van der Waals surface area contributed by atoms with E-state index >= 15 is 0 Å². The molecular formula is C11H16ClN3O3S. The molecule has 6 nitrogen and oxygen atoms in total. The second-order valence-electron chi connectivity index (χ2n) is 4.11. The second kappa shape index (κ2) is 6.23. The third kappa shape index (κ3) is 4.38. The number of halogens is 1. The molecule has 1 amide bonds. The molecule has 0 radical (unpaired) electrons. The Labute approximate surface area is 117 Å². The molecule has 0 spiro atoms. The number of anilines is 1. The zero-order valence-electron chi connectivity index (χ0n) is 10.4. The van der Waals surface area contributed by atoms with Gasteiger partial charge < -0.3 is 11.5 Å². The zero-order chi connectivity index (χ0) is 14.6. The molecule has 1 aromatic rings. The molecule has 1 aromatic carbocycles. The van der Waals surface area contributed by atoms with E-state index in [2.05, 4.69) is 4.72 Å². The van der Waals surface area contributed by atoms with Crippen molar-refractivity contribution in [3.8, 4) is 0 Å². The van der Waals surface area contributed by atoms with Crippen molar-refractivity contribution in [2.75, 3.05) is 12.3 Å². The summed E-state index contributed by atoms with van der Waals surface area (Å²) >= 11 is 5.87. The van der Waals surface area contributed by atoms with Crippen LogP contribution < -0.4 is 16.2 Å². The van der Waals surface area contributed by atoms with Crippen LogP contribution in [0.15, 0.2) is 17.0 Å². The van der Waals surface area contributed by atoms with Crippen LogP contribution >= 0.6 is 11.6 Å². The summed E-state index contributed by atoms with van der Waals surface area (Å²) < 4.78 is 26.3. The standard InChI is InChI=1S/C11H16ClN3O3S/c1-7-5-8(6-9(13)11(7)12)19(17,18)15-4-2-3-10(14)16/h5-6,15H,2-4,13H2,1H3,(H2,14,16). The number of rotatable bonds is 6. The number of nitrogen functional groups attached to an aromatic ring is 1. The highest BCUT2D eigenvalue weighted by Crippen LogP contribution is 2.26. The van der Waals surface area contributed by atoms with E-state index in [1.807, 2.05) is 0 Å². The fourth-order valence-corrected chi connectivity index (χ4v) is 2.77. The van der Waals surface area contributed by atoms with Crippen molar-refractivity contribution in [2.45, 2.75) is 24.7 Å².